The minimum absolute atomic E-state index is 0.0261. The lowest BCUT2D eigenvalue weighted by molar-refractivity contribution is -0.139. The molecule has 1 amide bonds. The molecule has 2 N–H and O–H groups in total. The Morgan fingerprint density at radius 1 is 1.42 bits per heavy atom. The number of carboxylic acids is 1. The number of nitrogens with one attached hydrogen (secondary N) is 1. The van der Waals surface area contributed by atoms with Gasteiger partial charge in [0.05, 0.1) is 12.5 Å². The second kappa shape index (κ2) is 6.31. The van der Waals surface area contributed by atoms with Crippen LogP contribution in [0.3, 0.4) is 0 Å². The first-order valence-corrected chi connectivity index (χ1v) is 6.21. The maximum Gasteiger partial charge on any atom is 0.303 e. The number of hydrogen-bond acceptors (Lipinski definition) is 3. The van der Waals surface area contributed by atoms with Gasteiger partial charge in [0.25, 0.3) is 0 Å². The number of nitrogens with zero attached hydrogens (tertiary/aromatic N) is 1. The molecular weight excluding hydrogens is 244 g/mol. The van der Waals surface area contributed by atoms with Gasteiger partial charge in [-0.2, -0.15) is 0 Å². The molecule has 104 valence electrons. The van der Waals surface area contributed by atoms with Crippen molar-refractivity contribution >= 4 is 11.9 Å². The summed E-state index contributed by atoms with van der Waals surface area (Å²) in [5.41, 5.74) is 0.372. The molecule has 0 saturated carbocycles. The van der Waals surface area contributed by atoms with Crippen molar-refractivity contribution in [3.05, 3.63) is 30.1 Å². The summed E-state index contributed by atoms with van der Waals surface area (Å²) in [4.78, 5) is 26.6. The molecule has 1 heterocycles. The number of hydrogen-bond donors (Lipinski definition) is 2. The molecule has 1 aromatic heterocycles. The normalized spacial score (nSPS) is 12.8. The summed E-state index contributed by atoms with van der Waals surface area (Å²) in [7, 11) is 0. The maximum atomic E-state index is 11.9. The Morgan fingerprint density at radius 3 is 2.63 bits per heavy atom. The Labute approximate surface area is 113 Å². The Hall–Kier alpha value is -1.91. The molecule has 0 bridgehead atoms. The Bertz CT molecular complexity index is 443. The van der Waals surface area contributed by atoms with Crippen LogP contribution in [0, 0.1) is 5.41 Å². The van der Waals surface area contributed by atoms with Crippen LogP contribution in [-0.4, -0.2) is 22.0 Å². The summed E-state index contributed by atoms with van der Waals surface area (Å²) < 4.78 is 0. The lowest BCUT2D eigenvalue weighted by Gasteiger charge is -2.23. The number of amides is 1. The molecule has 0 aliphatic carbocycles. The summed E-state index contributed by atoms with van der Waals surface area (Å²) in [6.45, 7) is 5.42. The lowest BCUT2D eigenvalue weighted by Crippen LogP contribution is -2.31. The van der Waals surface area contributed by atoms with Gasteiger partial charge in [-0.05, 0) is 24.0 Å². The standard InChI is InChI=1S/C14H20N2O3/c1-10(11-5-4-6-15-9-11)16-12(17)7-14(2,3)8-13(18)19/h4-6,9-10H,7-8H2,1-3H3,(H,16,17)(H,18,19). The van der Waals surface area contributed by atoms with Crippen molar-refractivity contribution in [2.45, 2.75) is 39.7 Å². The molecule has 5 nitrogen and oxygen atoms in total. The van der Waals surface area contributed by atoms with E-state index in [9.17, 15) is 9.59 Å². The number of carbonyl (C=O) groups excluding carboxylic acids is 1. The van der Waals surface area contributed by atoms with Gasteiger partial charge in [-0.15, -0.1) is 0 Å². The van der Waals surface area contributed by atoms with Gasteiger partial charge in [0.1, 0.15) is 0 Å². The van der Waals surface area contributed by atoms with Crippen LogP contribution in [0.1, 0.15) is 45.2 Å². The van der Waals surface area contributed by atoms with E-state index >= 15 is 0 Å². The predicted octanol–water partition coefficient (Wildman–Crippen LogP) is 2.15. The highest BCUT2D eigenvalue weighted by Crippen LogP contribution is 2.25. The number of aromatic nitrogens is 1. The largest absolute Gasteiger partial charge is 0.481 e. The highest BCUT2D eigenvalue weighted by atomic mass is 16.4. The molecule has 1 unspecified atom stereocenters. The summed E-state index contributed by atoms with van der Waals surface area (Å²) in [6.07, 6.45) is 3.53. The fourth-order valence-electron chi connectivity index (χ4n) is 1.91. The summed E-state index contributed by atoms with van der Waals surface area (Å²) in [5, 5.41) is 11.6. The quantitative estimate of drug-likeness (QED) is 0.825. The first-order valence-electron chi connectivity index (χ1n) is 6.21. The van der Waals surface area contributed by atoms with E-state index < -0.39 is 11.4 Å². The van der Waals surface area contributed by atoms with Gasteiger partial charge in [-0.25, -0.2) is 0 Å². The van der Waals surface area contributed by atoms with E-state index in [-0.39, 0.29) is 24.8 Å². The minimum Gasteiger partial charge on any atom is -0.481 e. The summed E-state index contributed by atoms with van der Waals surface area (Å²) in [5.74, 6) is -1.04. The van der Waals surface area contributed by atoms with Crippen molar-refractivity contribution in [1.29, 1.82) is 0 Å². The van der Waals surface area contributed by atoms with Gasteiger partial charge < -0.3 is 10.4 Å². The van der Waals surface area contributed by atoms with Crippen LogP contribution < -0.4 is 5.32 Å². The van der Waals surface area contributed by atoms with Gasteiger partial charge >= 0.3 is 5.97 Å². The average molecular weight is 264 g/mol. The minimum atomic E-state index is -0.891. The van der Waals surface area contributed by atoms with Crippen molar-refractivity contribution in [3.8, 4) is 0 Å². The van der Waals surface area contributed by atoms with Gasteiger partial charge in [0.2, 0.25) is 5.91 Å². The van der Waals surface area contributed by atoms with E-state index in [1.54, 1.807) is 26.2 Å². The Kier molecular flexibility index (Phi) is 5.03. The van der Waals surface area contributed by atoms with Crippen LogP contribution in [0.5, 0.6) is 0 Å². The molecule has 1 aromatic rings. The third-order valence-electron chi connectivity index (χ3n) is 2.83. The molecule has 1 atom stereocenters. The zero-order valence-corrected chi connectivity index (χ0v) is 11.5. The second-order valence-corrected chi connectivity index (χ2v) is 5.49. The fourth-order valence-corrected chi connectivity index (χ4v) is 1.91. The van der Waals surface area contributed by atoms with Crippen molar-refractivity contribution in [3.63, 3.8) is 0 Å². The molecule has 1 rings (SSSR count). The molecule has 0 radical (unpaired) electrons. The predicted molar refractivity (Wildman–Crippen MR) is 71.4 cm³/mol. The molecule has 19 heavy (non-hydrogen) atoms. The molecule has 0 fully saturated rings. The van der Waals surface area contributed by atoms with E-state index in [0.29, 0.717) is 0 Å². The number of pyridine rings is 1. The third kappa shape index (κ3) is 5.50. The van der Waals surface area contributed by atoms with Crippen LogP contribution in [0.4, 0.5) is 0 Å². The highest BCUT2D eigenvalue weighted by Gasteiger charge is 2.25. The van der Waals surface area contributed by atoms with Crippen LogP contribution >= 0.6 is 0 Å². The number of aliphatic carboxylic acids is 1. The first kappa shape index (κ1) is 15.1. The van der Waals surface area contributed by atoms with Crippen molar-refractivity contribution < 1.29 is 14.7 Å². The topological polar surface area (TPSA) is 79.3 Å². The number of carbonyl (C=O) groups is 2. The molecular formula is C14H20N2O3. The molecule has 5 heteroatoms. The van der Waals surface area contributed by atoms with Crippen LogP contribution in [0.25, 0.3) is 0 Å². The van der Waals surface area contributed by atoms with E-state index in [1.807, 2.05) is 19.1 Å². The zero-order chi connectivity index (χ0) is 14.5. The fraction of sp³-hybridized carbons (Fsp3) is 0.500. The van der Waals surface area contributed by atoms with E-state index in [0.717, 1.165) is 5.56 Å². The molecule has 0 saturated heterocycles. The monoisotopic (exact) mass is 264 g/mol. The van der Waals surface area contributed by atoms with Crippen LogP contribution in [-0.2, 0) is 9.59 Å². The third-order valence-corrected chi connectivity index (χ3v) is 2.83. The maximum absolute atomic E-state index is 11.9. The molecule has 0 aliphatic rings. The second-order valence-electron chi connectivity index (χ2n) is 5.49. The van der Waals surface area contributed by atoms with Crippen molar-refractivity contribution in [2.75, 3.05) is 0 Å². The Morgan fingerprint density at radius 2 is 2.11 bits per heavy atom. The zero-order valence-electron chi connectivity index (χ0n) is 11.5. The van der Waals surface area contributed by atoms with Crippen molar-refractivity contribution in [1.82, 2.24) is 10.3 Å². The van der Waals surface area contributed by atoms with Gasteiger partial charge in [0, 0.05) is 18.8 Å². The average Bonchev–Trinajstić information content (AvgIpc) is 2.27. The Balaban J connectivity index is 2.54. The van der Waals surface area contributed by atoms with Crippen LogP contribution in [0.15, 0.2) is 24.5 Å². The van der Waals surface area contributed by atoms with E-state index in [4.69, 9.17) is 5.11 Å². The van der Waals surface area contributed by atoms with E-state index in [1.165, 1.54) is 0 Å². The molecule has 0 aliphatic heterocycles. The van der Waals surface area contributed by atoms with Crippen LogP contribution in [0.2, 0.25) is 0 Å². The van der Waals surface area contributed by atoms with Gasteiger partial charge in [-0.1, -0.05) is 19.9 Å². The van der Waals surface area contributed by atoms with Gasteiger partial charge in [-0.3, -0.25) is 14.6 Å². The molecule has 0 spiro atoms. The number of rotatable bonds is 6. The SMILES string of the molecule is CC(NC(=O)CC(C)(C)CC(=O)O)c1cccnc1. The first-order chi connectivity index (χ1) is 8.80. The molecule has 0 aromatic carbocycles. The smallest absolute Gasteiger partial charge is 0.303 e. The summed E-state index contributed by atoms with van der Waals surface area (Å²) >= 11 is 0. The van der Waals surface area contributed by atoms with Crippen molar-refractivity contribution in [2.24, 2.45) is 5.41 Å². The van der Waals surface area contributed by atoms with Gasteiger partial charge in [0.15, 0.2) is 0 Å². The lowest BCUT2D eigenvalue weighted by atomic mass is 9.85. The highest BCUT2D eigenvalue weighted by molar-refractivity contribution is 5.78. The number of carboxylic acid groups (broad SMARTS) is 1. The summed E-state index contributed by atoms with van der Waals surface area (Å²) in [6, 6.07) is 3.56. The van der Waals surface area contributed by atoms with E-state index in [2.05, 4.69) is 10.3 Å².